The Balaban J connectivity index is 0.000000230. The van der Waals surface area contributed by atoms with E-state index < -0.39 is 17.6 Å². The van der Waals surface area contributed by atoms with E-state index in [4.69, 9.17) is 16.2 Å². The molecule has 3 aromatic rings. The van der Waals surface area contributed by atoms with Crippen LogP contribution in [-0.4, -0.2) is 21.8 Å². The number of carbonyl (C=O) groups is 2. The predicted molar refractivity (Wildman–Crippen MR) is 112 cm³/mol. The molecule has 7 heteroatoms. The largest absolute Gasteiger partial charge is 0.457 e. The number of nitrogens with one attached hydrogen (secondary N) is 1. The smallest absolute Gasteiger partial charge is 0.265 e. The molecule has 2 aromatic carbocycles. The van der Waals surface area contributed by atoms with E-state index in [9.17, 15) is 14.7 Å². The molecule has 2 heterocycles. The van der Waals surface area contributed by atoms with Gasteiger partial charge in [-0.05, 0) is 35.7 Å². The van der Waals surface area contributed by atoms with E-state index in [1.54, 1.807) is 36.5 Å². The number of benzene rings is 2. The number of rotatable bonds is 2. The Morgan fingerprint density at radius 2 is 1.97 bits per heavy atom. The normalized spacial score (nSPS) is 20.7. The van der Waals surface area contributed by atoms with Gasteiger partial charge in [0.05, 0.1) is 5.56 Å². The minimum atomic E-state index is -1.64. The van der Waals surface area contributed by atoms with Gasteiger partial charge in [0.15, 0.2) is 5.78 Å². The molecule has 6 N–H and O–H groups in total. The first kappa shape index (κ1) is 19.7. The van der Waals surface area contributed by atoms with Crippen molar-refractivity contribution in [3.8, 4) is 5.75 Å². The van der Waals surface area contributed by atoms with E-state index >= 15 is 0 Å². The fourth-order valence-corrected chi connectivity index (χ4v) is 3.98. The number of H-pyrrole nitrogens is 1. The van der Waals surface area contributed by atoms with Crippen molar-refractivity contribution < 1.29 is 19.4 Å². The Labute approximate surface area is 173 Å². The van der Waals surface area contributed by atoms with Crippen molar-refractivity contribution in [1.82, 2.24) is 4.98 Å². The molecular formula is C23H23N3O4. The average Bonchev–Trinajstić information content (AvgIpc) is 3.37. The monoisotopic (exact) mass is 405 g/mol. The van der Waals surface area contributed by atoms with Gasteiger partial charge >= 0.3 is 0 Å². The number of aromatic amines is 1. The van der Waals surface area contributed by atoms with E-state index in [0.717, 1.165) is 11.1 Å². The van der Waals surface area contributed by atoms with Crippen LogP contribution in [0.1, 0.15) is 63.2 Å². The molecule has 2 aliphatic rings. The van der Waals surface area contributed by atoms with Gasteiger partial charge < -0.3 is 26.3 Å². The van der Waals surface area contributed by atoms with Gasteiger partial charge in [0, 0.05) is 23.0 Å². The number of amides is 1. The number of hydrogen-bond donors (Lipinski definition) is 4. The molecule has 0 fully saturated rings. The van der Waals surface area contributed by atoms with Gasteiger partial charge in [-0.2, -0.15) is 0 Å². The number of Topliss-reactive ketones (excluding diaryl/α,β-unsaturated/α-hetero) is 1. The molecule has 1 aliphatic carbocycles. The summed E-state index contributed by atoms with van der Waals surface area (Å²) in [4.78, 5) is 25.7. The lowest BCUT2D eigenvalue weighted by atomic mass is 9.91. The Kier molecular flexibility index (Phi) is 4.63. The van der Waals surface area contributed by atoms with Gasteiger partial charge in [-0.25, -0.2) is 0 Å². The maximum absolute atomic E-state index is 12.8. The average molecular weight is 405 g/mol. The van der Waals surface area contributed by atoms with Gasteiger partial charge in [-0.15, -0.1) is 0 Å². The zero-order chi connectivity index (χ0) is 21.6. The van der Waals surface area contributed by atoms with Gasteiger partial charge in [0.2, 0.25) is 5.79 Å². The van der Waals surface area contributed by atoms with Crippen LogP contribution in [0.5, 0.6) is 5.75 Å². The van der Waals surface area contributed by atoms with E-state index in [1.807, 2.05) is 18.2 Å². The second-order valence-electron chi connectivity index (χ2n) is 7.77. The molecule has 0 saturated heterocycles. The highest BCUT2D eigenvalue weighted by molar-refractivity contribution is 6.11. The molecule has 0 bridgehead atoms. The standard InChI is InChI=1S/C18H17NO3.C5H6N2O/c1-9(2)10-6-7-11-14(8-10)22-18(21)12-4-3-5-13(19)15(12)17(20)16(11)18;6-5(8)4-2-1-3-7-4/h3-9,16,21H,19H2,1-2H3;1-3,7H,(H2,6,8). The number of fused-ring (bicyclic) bond motifs is 5. The van der Waals surface area contributed by atoms with Crippen molar-refractivity contribution >= 4 is 17.4 Å². The van der Waals surface area contributed by atoms with E-state index in [-0.39, 0.29) is 5.78 Å². The molecule has 0 saturated carbocycles. The molecule has 1 aromatic heterocycles. The molecule has 1 amide bonds. The summed E-state index contributed by atoms with van der Waals surface area (Å²) in [5.74, 6) is -2.03. The van der Waals surface area contributed by atoms with Crippen molar-refractivity contribution in [2.45, 2.75) is 31.5 Å². The fourth-order valence-electron chi connectivity index (χ4n) is 3.98. The van der Waals surface area contributed by atoms with Crippen LogP contribution in [0.4, 0.5) is 5.69 Å². The van der Waals surface area contributed by atoms with Crippen LogP contribution in [0.15, 0.2) is 54.7 Å². The third-order valence-corrected chi connectivity index (χ3v) is 5.53. The van der Waals surface area contributed by atoms with E-state index in [1.165, 1.54) is 0 Å². The highest BCUT2D eigenvalue weighted by Crippen LogP contribution is 2.56. The maximum atomic E-state index is 12.8. The number of ether oxygens (including phenoxy) is 1. The molecule has 30 heavy (non-hydrogen) atoms. The summed E-state index contributed by atoms with van der Waals surface area (Å²) >= 11 is 0. The number of aliphatic hydroxyl groups is 1. The van der Waals surface area contributed by atoms with Crippen LogP contribution in [0.25, 0.3) is 0 Å². The summed E-state index contributed by atoms with van der Waals surface area (Å²) in [6.45, 7) is 4.18. The Morgan fingerprint density at radius 3 is 2.57 bits per heavy atom. The topological polar surface area (TPSA) is 131 Å². The first-order chi connectivity index (χ1) is 14.2. The Hall–Kier alpha value is -3.58. The Morgan fingerprint density at radius 1 is 1.20 bits per heavy atom. The van der Waals surface area contributed by atoms with Crippen LogP contribution >= 0.6 is 0 Å². The molecule has 1 aliphatic heterocycles. The van der Waals surface area contributed by atoms with Gasteiger partial charge in [0.1, 0.15) is 17.4 Å². The molecule has 0 radical (unpaired) electrons. The number of carbonyl (C=O) groups excluding carboxylic acids is 2. The van der Waals surface area contributed by atoms with Crippen LogP contribution in [0.3, 0.4) is 0 Å². The quantitative estimate of drug-likeness (QED) is 0.487. The maximum Gasteiger partial charge on any atom is 0.265 e. The molecule has 2 atom stereocenters. The van der Waals surface area contributed by atoms with E-state index in [0.29, 0.717) is 34.2 Å². The number of hydrogen-bond acceptors (Lipinski definition) is 5. The lowest BCUT2D eigenvalue weighted by molar-refractivity contribution is -0.134. The van der Waals surface area contributed by atoms with Crippen molar-refractivity contribution in [2.24, 2.45) is 5.73 Å². The summed E-state index contributed by atoms with van der Waals surface area (Å²) in [7, 11) is 0. The predicted octanol–water partition coefficient (Wildman–Crippen LogP) is 3.02. The summed E-state index contributed by atoms with van der Waals surface area (Å²) < 4.78 is 5.84. The summed E-state index contributed by atoms with van der Waals surface area (Å²) in [6, 6.07) is 14.2. The summed E-state index contributed by atoms with van der Waals surface area (Å²) in [5, 5.41) is 11.0. The van der Waals surface area contributed by atoms with Crippen LogP contribution < -0.4 is 16.2 Å². The lowest BCUT2D eigenvalue weighted by Crippen LogP contribution is -2.32. The van der Waals surface area contributed by atoms with Crippen LogP contribution in [-0.2, 0) is 5.79 Å². The van der Waals surface area contributed by atoms with Crippen molar-refractivity contribution in [2.75, 3.05) is 5.73 Å². The SMILES string of the molecule is CC(C)c1ccc2c(c1)OC1(O)c3cccc(N)c3C(=O)C21.NC(=O)c1ccc[nH]1. The summed E-state index contributed by atoms with van der Waals surface area (Å²) in [6.07, 6.45) is 1.65. The lowest BCUT2D eigenvalue weighted by Gasteiger charge is -2.22. The molecular weight excluding hydrogens is 382 g/mol. The van der Waals surface area contributed by atoms with Crippen LogP contribution in [0.2, 0.25) is 0 Å². The minimum Gasteiger partial charge on any atom is -0.457 e. The molecule has 7 nitrogen and oxygen atoms in total. The number of nitrogens with two attached hydrogens (primary N) is 2. The number of ketones is 1. The minimum absolute atomic E-state index is 0.174. The number of primary amides is 1. The highest BCUT2D eigenvalue weighted by Gasteiger charge is 2.59. The fraction of sp³-hybridized carbons (Fsp3) is 0.217. The Bertz CT molecular complexity index is 1140. The summed E-state index contributed by atoms with van der Waals surface area (Å²) in [5.41, 5.74) is 14.3. The molecule has 5 rings (SSSR count). The zero-order valence-electron chi connectivity index (χ0n) is 16.7. The highest BCUT2D eigenvalue weighted by atomic mass is 16.6. The van der Waals surface area contributed by atoms with Crippen molar-refractivity contribution in [3.05, 3.63) is 82.7 Å². The molecule has 0 spiro atoms. The van der Waals surface area contributed by atoms with Gasteiger partial charge in [-0.3, -0.25) is 9.59 Å². The molecule has 2 unspecified atom stereocenters. The van der Waals surface area contributed by atoms with E-state index in [2.05, 4.69) is 18.8 Å². The first-order valence-corrected chi connectivity index (χ1v) is 9.65. The molecule has 154 valence electrons. The third-order valence-electron chi connectivity index (χ3n) is 5.53. The number of anilines is 1. The van der Waals surface area contributed by atoms with Crippen molar-refractivity contribution in [3.63, 3.8) is 0 Å². The number of nitrogen functional groups attached to an aromatic ring is 1. The third kappa shape index (κ3) is 2.95. The van der Waals surface area contributed by atoms with Crippen LogP contribution in [0, 0.1) is 0 Å². The zero-order valence-corrected chi connectivity index (χ0v) is 16.7. The van der Waals surface area contributed by atoms with Gasteiger partial charge in [-0.1, -0.05) is 38.1 Å². The second-order valence-corrected chi connectivity index (χ2v) is 7.77. The second kappa shape index (κ2) is 7.03. The first-order valence-electron chi connectivity index (χ1n) is 9.65. The van der Waals surface area contributed by atoms with Crippen molar-refractivity contribution in [1.29, 1.82) is 0 Å². The van der Waals surface area contributed by atoms with Gasteiger partial charge in [0.25, 0.3) is 5.91 Å². The number of aromatic nitrogens is 1.